The Hall–Kier alpha value is -1.85. The average Bonchev–Trinajstić information content (AvgIpc) is 2.50. The summed E-state index contributed by atoms with van der Waals surface area (Å²) < 4.78 is 41.0. The molecule has 112 valence electrons. The maximum Gasteiger partial charge on any atom is 0.162 e. The van der Waals surface area contributed by atoms with Crippen molar-refractivity contribution in [2.75, 3.05) is 13.2 Å². The molecule has 0 fully saturated rings. The lowest BCUT2D eigenvalue weighted by atomic mass is 9.76. The molecular formula is C16H15F3O2. The van der Waals surface area contributed by atoms with E-state index in [0.29, 0.717) is 0 Å². The quantitative estimate of drug-likeness (QED) is 0.890. The number of halogens is 3. The van der Waals surface area contributed by atoms with Crippen LogP contribution in [0.1, 0.15) is 11.1 Å². The lowest BCUT2D eigenvalue weighted by Crippen LogP contribution is -2.38. The van der Waals surface area contributed by atoms with E-state index in [4.69, 9.17) is 0 Å². The van der Waals surface area contributed by atoms with Crippen LogP contribution in [0.4, 0.5) is 13.2 Å². The highest BCUT2D eigenvalue weighted by molar-refractivity contribution is 5.32. The molecule has 0 spiro atoms. The van der Waals surface area contributed by atoms with Crippen molar-refractivity contribution in [3.05, 3.63) is 71.0 Å². The van der Waals surface area contributed by atoms with Gasteiger partial charge in [-0.25, -0.2) is 13.2 Å². The molecule has 0 saturated carbocycles. The normalized spacial score (nSPS) is 11.7. The minimum absolute atomic E-state index is 0.0265. The van der Waals surface area contributed by atoms with Gasteiger partial charge in [0.2, 0.25) is 0 Å². The first-order valence-corrected chi connectivity index (χ1v) is 6.43. The Morgan fingerprint density at radius 3 is 2.05 bits per heavy atom. The number of benzene rings is 2. The number of aliphatic hydroxyl groups is 2. The van der Waals surface area contributed by atoms with E-state index < -0.39 is 36.1 Å². The molecule has 2 nitrogen and oxygen atoms in total. The van der Waals surface area contributed by atoms with Crippen molar-refractivity contribution in [3.8, 4) is 0 Å². The van der Waals surface area contributed by atoms with Crippen molar-refractivity contribution in [3.63, 3.8) is 0 Å². The summed E-state index contributed by atoms with van der Waals surface area (Å²) in [6.45, 7) is -1.19. The van der Waals surface area contributed by atoms with Gasteiger partial charge < -0.3 is 10.2 Å². The molecule has 0 aliphatic rings. The van der Waals surface area contributed by atoms with E-state index in [1.807, 2.05) is 0 Å². The van der Waals surface area contributed by atoms with Crippen LogP contribution in [0.2, 0.25) is 0 Å². The van der Waals surface area contributed by atoms with Crippen molar-refractivity contribution in [2.45, 2.75) is 11.8 Å². The Balaban J connectivity index is 2.49. The van der Waals surface area contributed by atoms with Gasteiger partial charge in [0.05, 0.1) is 13.2 Å². The first-order chi connectivity index (χ1) is 10.0. The summed E-state index contributed by atoms with van der Waals surface area (Å²) in [7, 11) is 0. The highest BCUT2D eigenvalue weighted by atomic mass is 19.2. The topological polar surface area (TPSA) is 40.5 Å². The summed E-state index contributed by atoms with van der Waals surface area (Å²) in [5, 5.41) is 19.3. The van der Waals surface area contributed by atoms with Gasteiger partial charge in [0, 0.05) is 5.41 Å². The molecule has 2 aromatic carbocycles. The molecule has 2 N–H and O–H groups in total. The van der Waals surface area contributed by atoms with Crippen molar-refractivity contribution >= 4 is 0 Å². The zero-order chi connectivity index (χ0) is 15.5. The van der Waals surface area contributed by atoms with Gasteiger partial charge in [-0.1, -0.05) is 30.3 Å². The molecule has 0 atom stereocenters. The van der Waals surface area contributed by atoms with Gasteiger partial charge in [0.25, 0.3) is 0 Å². The van der Waals surface area contributed by atoms with Crippen LogP contribution in [0.5, 0.6) is 0 Å². The van der Waals surface area contributed by atoms with Crippen LogP contribution in [0, 0.1) is 17.5 Å². The van der Waals surface area contributed by atoms with Gasteiger partial charge in [0.1, 0.15) is 5.82 Å². The fourth-order valence-corrected chi connectivity index (χ4v) is 2.37. The molecule has 2 rings (SSSR count). The maximum atomic E-state index is 14.0. The highest BCUT2D eigenvalue weighted by Crippen LogP contribution is 2.31. The number of aliphatic hydroxyl groups excluding tert-OH is 2. The van der Waals surface area contributed by atoms with E-state index >= 15 is 0 Å². The van der Waals surface area contributed by atoms with Crippen LogP contribution in [-0.4, -0.2) is 23.4 Å². The lowest BCUT2D eigenvalue weighted by molar-refractivity contribution is 0.112. The Bertz CT molecular complexity index is 625. The second-order valence-electron chi connectivity index (χ2n) is 4.97. The smallest absolute Gasteiger partial charge is 0.162 e. The van der Waals surface area contributed by atoms with E-state index in [1.54, 1.807) is 6.07 Å². The van der Waals surface area contributed by atoms with Crippen molar-refractivity contribution in [1.29, 1.82) is 0 Å². The maximum absolute atomic E-state index is 14.0. The third kappa shape index (κ3) is 2.94. The molecule has 0 aliphatic heterocycles. The van der Waals surface area contributed by atoms with Gasteiger partial charge in [-0.2, -0.15) is 0 Å². The summed E-state index contributed by atoms with van der Waals surface area (Å²) >= 11 is 0. The van der Waals surface area contributed by atoms with Crippen LogP contribution < -0.4 is 0 Å². The van der Waals surface area contributed by atoms with Crippen LogP contribution >= 0.6 is 0 Å². The number of hydrogen-bond donors (Lipinski definition) is 2. The molecule has 0 heterocycles. The van der Waals surface area contributed by atoms with Crippen molar-refractivity contribution < 1.29 is 23.4 Å². The zero-order valence-electron chi connectivity index (χ0n) is 11.2. The van der Waals surface area contributed by atoms with Crippen molar-refractivity contribution in [1.82, 2.24) is 0 Å². The summed E-state index contributed by atoms with van der Waals surface area (Å²) in [5.41, 5.74) is -1.38. The predicted octanol–water partition coefficient (Wildman–Crippen LogP) is 2.57. The summed E-state index contributed by atoms with van der Waals surface area (Å²) in [5.74, 6) is -2.69. The fraction of sp³-hybridized carbons (Fsp3) is 0.250. The van der Waals surface area contributed by atoms with E-state index in [2.05, 4.69) is 0 Å². The van der Waals surface area contributed by atoms with Crippen molar-refractivity contribution in [2.24, 2.45) is 0 Å². The third-order valence-electron chi connectivity index (χ3n) is 3.61. The third-order valence-corrected chi connectivity index (χ3v) is 3.61. The van der Waals surface area contributed by atoms with E-state index in [-0.39, 0.29) is 17.5 Å². The van der Waals surface area contributed by atoms with E-state index in [0.717, 1.165) is 6.07 Å². The Morgan fingerprint density at radius 1 is 0.810 bits per heavy atom. The van der Waals surface area contributed by atoms with Gasteiger partial charge >= 0.3 is 0 Å². The predicted molar refractivity (Wildman–Crippen MR) is 72.3 cm³/mol. The molecule has 0 bridgehead atoms. The molecule has 0 aromatic heterocycles. The molecule has 0 saturated heterocycles. The fourth-order valence-electron chi connectivity index (χ4n) is 2.37. The second-order valence-corrected chi connectivity index (χ2v) is 4.97. The van der Waals surface area contributed by atoms with Gasteiger partial charge in [0.15, 0.2) is 11.6 Å². The molecule has 0 radical (unpaired) electrons. The zero-order valence-corrected chi connectivity index (χ0v) is 11.2. The first kappa shape index (κ1) is 15.5. The summed E-state index contributed by atoms with van der Waals surface area (Å²) in [6.07, 6.45) is -0.218. The van der Waals surface area contributed by atoms with Gasteiger partial charge in [-0.3, -0.25) is 0 Å². The molecular weight excluding hydrogens is 281 g/mol. The summed E-state index contributed by atoms with van der Waals surface area (Å²) in [6, 6.07) is 9.28. The Morgan fingerprint density at radius 2 is 1.43 bits per heavy atom. The van der Waals surface area contributed by atoms with Gasteiger partial charge in [-0.05, 0) is 29.7 Å². The summed E-state index contributed by atoms with van der Waals surface area (Å²) in [4.78, 5) is 0. The molecule has 0 unspecified atom stereocenters. The minimum Gasteiger partial charge on any atom is -0.395 e. The standard InChI is InChI=1S/C16H15F3O2/c17-13-6-2-1-5-12(13)16(9-20,10-21)8-11-4-3-7-14(18)15(11)19/h1-7,20-21H,8-10H2. The van der Waals surface area contributed by atoms with Crippen LogP contribution in [0.15, 0.2) is 42.5 Å². The first-order valence-electron chi connectivity index (χ1n) is 6.43. The number of hydrogen-bond acceptors (Lipinski definition) is 2. The van der Waals surface area contributed by atoms with Crippen LogP contribution in [0.3, 0.4) is 0 Å². The second kappa shape index (κ2) is 6.28. The Labute approximate surface area is 120 Å². The molecule has 2 aromatic rings. The molecule has 5 heteroatoms. The monoisotopic (exact) mass is 296 g/mol. The SMILES string of the molecule is OCC(CO)(Cc1cccc(F)c1F)c1ccccc1F. The van der Waals surface area contributed by atoms with E-state index in [9.17, 15) is 23.4 Å². The van der Waals surface area contributed by atoms with Crippen LogP contribution in [0.25, 0.3) is 0 Å². The van der Waals surface area contributed by atoms with Crippen LogP contribution in [-0.2, 0) is 11.8 Å². The average molecular weight is 296 g/mol. The lowest BCUT2D eigenvalue weighted by Gasteiger charge is -2.31. The molecule has 0 amide bonds. The number of rotatable bonds is 5. The minimum atomic E-state index is -1.42. The Kier molecular flexibility index (Phi) is 4.65. The molecule has 21 heavy (non-hydrogen) atoms. The van der Waals surface area contributed by atoms with Gasteiger partial charge in [-0.15, -0.1) is 0 Å². The largest absolute Gasteiger partial charge is 0.395 e. The van der Waals surface area contributed by atoms with E-state index in [1.165, 1.54) is 30.3 Å². The highest BCUT2D eigenvalue weighted by Gasteiger charge is 2.35. The molecule has 0 aliphatic carbocycles.